The fourth-order valence-electron chi connectivity index (χ4n) is 4.99. The van der Waals surface area contributed by atoms with Crippen molar-refractivity contribution in [2.45, 2.75) is 112 Å². The Kier molecular flexibility index (Phi) is 18.1. The van der Waals surface area contributed by atoms with Crippen LogP contribution in [0.4, 0.5) is 26.3 Å². The number of thioether (sulfide) groups is 2. The number of alkyl halides is 6. The van der Waals surface area contributed by atoms with Gasteiger partial charge in [-0.1, -0.05) is 0 Å². The van der Waals surface area contributed by atoms with E-state index in [4.69, 9.17) is 0 Å². The minimum Gasteiger partial charge on any atom is -0.349 e. The summed E-state index contributed by atoms with van der Waals surface area (Å²) < 4.78 is 74.2. The van der Waals surface area contributed by atoms with Crippen molar-refractivity contribution >= 4 is 70.5 Å². The average molecular weight is 853 g/mol. The van der Waals surface area contributed by atoms with Crippen molar-refractivity contribution in [1.82, 2.24) is 41.7 Å². The molecule has 2 rings (SSSR count). The van der Waals surface area contributed by atoms with E-state index >= 15 is 0 Å². The summed E-state index contributed by atoms with van der Waals surface area (Å²) in [4.78, 5) is 98.8. The Labute approximate surface area is 328 Å². The number of nitrogens with zero attached hydrogens (tertiary/aromatic N) is 2. The van der Waals surface area contributed by atoms with Crippen molar-refractivity contribution in [3.05, 3.63) is 0 Å². The van der Waals surface area contributed by atoms with Crippen LogP contribution in [0.25, 0.3) is 0 Å². The van der Waals surface area contributed by atoms with Gasteiger partial charge in [0.05, 0.1) is 24.9 Å². The molecule has 0 aromatic carbocycles. The molecule has 2 fully saturated rings. The van der Waals surface area contributed by atoms with Crippen LogP contribution >= 0.6 is 23.5 Å². The van der Waals surface area contributed by atoms with E-state index in [0.29, 0.717) is 11.8 Å². The van der Waals surface area contributed by atoms with E-state index in [9.17, 15) is 64.7 Å². The second kappa shape index (κ2) is 20.2. The van der Waals surface area contributed by atoms with Crippen molar-refractivity contribution in [3.8, 4) is 0 Å². The van der Waals surface area contributed by atoms with Crippen LogP contribution in [0.3, 0.4) is 0 Å². The van der Waals surface area contributed by atoms with E-state index in [0.717, 1.165) is 13.8 Å². The molecular formula is C32H50F6N8O8S2. The molecule has 24 heteroatoms. The van der Waals surface area contributed by atoms with Crippen LogP contribution in [0, 0.1) is 0 Å². The zero-order valence-electron chi connectivity index (χ0n) is 32.5. The Morgan fingerprint density at radius 2 is 0.893 bits per heavy atom. The third-order valence-electron chi connectivity index (χ3n) is 8.46. The van der Waals surface area contributed by atoms with Crippen LogP contribution in [0.2, 0.25) is 0 Å². The Hall–Kier alpha value is -3.64. The van der Waals surface area contributed by atoms with Gasteiger partial charge in [0.1, 0.15) is 24.2 Å². The monoisotopic (exact) mass is 852 g/mol. The van der Waals surface area contributed by atoms with Crippen molar-refractivity contribution < 1.29 is 64.7 Å². The molecule has 0 saturated carbocycles. The highest BCUT2D eigenvalue weighted by Gasteiger charge is 2.46. The lowest BCUT2D eigenvalue weighted by molar-refractivity contribution is -0.173. The Morgan fingerprint density at radius 1 is 0.607 bits per heavy atom. The van der Waals surface area contributed by atoms with Crippen LogP contribution in [0.15, 0.2) is 0 Å². The van der Waals surface area contributed by atoms with E-state index in [2.05, 4.69) is 21.3 Å². The smallest absolute Gasteiger partial charge is 0.349 e. The van der Waals surface area contributed by atoms with E-state index in [1.807, 2.05) is 38.3 Å². The predicted molar refractivity (Wildman–Crippen MR) is 195 cm³/mol. The maximum absolute atomic E-state index is 12.6. The molecule has 0 aromatic heterocycles. The summed E-state index contributed by atoms with van der Waals surface area (Å²) in [6.45, 7) is 9.08. The summed E-state index contributed by atoms with van der Waals surface area (Å²) in [5.74, 6) is -7.46. The minimum atomic E-state index is -5.11. The van der Waals surface area contributed by atoms with Gasteiger partial charge in [0.15, 0.2) is 0 Å². The summed E-state index contributed by atoms with van der Waals surface area (Å²) in [5.41, 5.74) is 0. The maximum atomic E-state index is 12.6. The van der Waals surface area contributed by atoms with E-state index < -0.39 is 118 Å². The molecule has 0 aliphatic carbocycles. The average Bonchev–Trinajstić information content (AvgIpc) is 3.61. The molecule has 56 heavy (non-hydrogen) atoms. The number of halogens is 6. The van der Waals surface area contributed by atoms with Gasteiger partial charge >= 0.3 is 12.4 Å². The standard InChI is InChI=1S/2C16H25F3N4O4S/c2*1-8(12(25)16(17,18)19)21-13(26)9(6-10(24)23(4)5)22-14(27)11-15(2,3)28-7-20-11/h2*8-9,11,20H,6-7H2,1-5H3,(H,21,26)(H,22,27)/t8-,9+,11+;8-,9-,11-/m01/s1. The van der Waals surface area contributed by atoms with Crippen molar-refractivity contribution in [1.29, 1.82) is 0 Å². The fourth-order valence-corrected chi connectivity index (χ4v) is 6.95. The van der Waals surface area contributed by atoms with E-state index in [-0.39, 0.29) is 0 Å². The van der Waals surface area contributed by atoms with Gasteiger partial charge in [0, 0.05) is 49.4 Å². The molecule has 0 radical (unpaired) electrons. The summed E-state index contributed by atoms with van der Waals surface area (Å²) >= 11 is 2.98. The molecule has 0 bridgehead atoms. The Morgan fingerprint density at radius 3 is 1.11 bits per heavy atom. The molecule has 2 saturated heterocycles. The Balaban J connectivity index is 0.000000560. The van der Waals surface area contributed by atoms with Gasteiger partial charge in [-0.2, -0.15) is 26.3 Å². The third-order valence-corrected chi connectivity index (χ3v) is 11.0. The molecule has 0 aromatic rings. The molecule has 0 unspecified atom stereocenters. The predicted octanol–water partition coefficient (Wildman–Crippen LogP) is 0.0534. The highest BCUT2D eigenvalue weighted by Crippen LogP contribution is 2.34. The third kappa shape index (κ3) is 15.0. The van der Waals surface area contributed by atoms with Gasteiger partial charge in [-0.15, -0.1) is 23.5 Å². The second-order valence-electron chi connectivity index (χ2n) is 14.4. The number of carbonyl (C=O) groups excluding carboxylic acids is 8. The molecule has 2 aliphatic rings. The lowest BCUT2D eigenvalue weighted by atomic mass is 10.0. The first kappa shape index (κ1) is 50.4. The highest BCUT2D eigenvalue weighted by atomic mass is 32.2. The molecule has 2 heterocycles. The molecule has 0 spiro atoms. The summed E-state index contributed by atoms with van der Waals surface area (Å²) in [5, 5.41) is 14.6. The number of amides is 6. The SMILES string of the molecule is C[C@@H](NC(=O)[C@@H](CC(=O)N(C)C)NC(=O)[C@H]1NCSC1(C)C)C(=O)C(F)(F)F.C[C@H](NC(=O)[C@@H](CC(=O)N(C)C)NC(=O)[C@H]1NCSC1(C)C)C(=O)C(F)(F)F. The zero-order chi connectivity index (χ0) is 43.7. The van der Waals surface area contributed by atoms with Crippen LogP contribution < -0.4 is 31.9 Å². The largest absolute Gasteiger partial charge is 0.452 e. The molecule has 6 atom stereocenters. The number of hydrogen-bond donors (Lipinski definition) is 6. The summed E-state index contributed by atoms with van der Waals surface area (Å²) in [6.07, 6.45) is -11.1. The first-order valence-electron chi connectivity index (χ1n) is 16.9. The molecule has 6 amide bonds. The van der Waals surface area contributed by atoms with Crippen LogP contribution in [-0.2, 0) is 38.4 Å². The van der Waals surface area contributed by atoms with Gasteiger partial charge in [0.25, 0.3) is 11.6 Å². The molecule has 320 valence electrons. The van der Waals surface area contributed by atoms with Crippen molar-refractivity contribution in [2.75, 3.05) is 39.9 Å². The fraction of sp³-hybridized carbons (Fsp3) is 0.750. The minimum absolute atomic E-state index is 0.461. The lowest BCUT2D eigenvalue weighted by Gasteiger charge is -2.27. The van der Waals surface area contributed by atoms with Gasteiger partial charge in [-0.05, 0) is 41.5 Å². The molecular weight excluding hydrogens is 803 g/mol. The summed E-state index contributed by atoms with van der Waals surface area (Å²) in [6, 6.07) is -7.85. The van der Waals surface area contributed by atoms with Gasteiger partial charge in [-0.3, -0.25) is 49.0 Å². The highest BCUT2D eigenvalue weighted by molar-refractivity contribution is 8.01. The van der Waals surface area contributed by atoms with E-state index in [1.165, 1.54) is 61.5 Å². The molecule has 16 nitrogen and oxygen atoms in total. The number of nitrogens with one attached hydrogen (secondary N) is 6. The van der Waals surface area contributed by atoms with Crippen molar-refractivity contribution in [2.24, 2.45) is 0 Å². The number of rotatable bonds is 14. The Bertz CT molecular complexity index is 1390. The number of hydrogen-bond acceptors (Lipinski definition) is 12. The lowest BCUT2D eigenvalue weighted by Crippen LogP contribution is -2.58. The second-order valence-corrected chi connectivity index (χ2v) is 17.6. The number of Topliss-reactive ketones (excluding diaryl/α,β-unsaturated/α-hetero) is 2. The maximum Gasteiger partial charge on any atom is 0.452 e. The number of ketones is 2. The van der Waals surface area contributed by atoms with Crippen LogP contribution in [0.1, 0.15) is 54.4 Å². The topological polar surface area (TPSA) is 215 Å². The van der Waals surface area contributed by atoms with Crippen LogP contribution in [-0.4, -0.2) is 155 Å². The number of carbonyl (C=O) groups is 8. The molecule has 6 N–H and O–H groups in total. The summed E-state index contributed by atoms with van der Waals surface area (Å²) in [7, 11) is 5.75. The normalized spacial score (nSPS) is 20.8. The first-order chi connectivity index (χ1) is 25.3. The van der Waals surface area contributed by atoms with Crippen LogP contribution in [0.5, 0.6) is 0 Å². The van der Waals surface area contributed by atoms with Crippen molar-refractivity contribution in [3.63, 3.8) is 0 Å². The molecule has 2 aliphatic heterocycles. The quantitative estimate of drug-likeness (QED) is 0.128. The van der Waals surface area contributed by atoms with Gasteiger partial charge in [0.2, 0.25) is 35.4 Å². The van der Waals surface area contributed by atoms with E-state index in [1.54, 1.807) is 0 Å². The first-order valence-corrected chi connectivity index (χ1v) is 18.9. The zero-order valence-corrected chi connectivity index (χ0v) is 34.2. The van der Waals surface area contributed by atoms with Gasteiger partial charge in [-0.25, -0.2) is 0 Å². The van der Waals surface area contributed by atoms with Gasteiger partial charge < -0.3 is 31.1 Å².